The molecular formula is C37H35FN4OS. The van der Waals surface area contributed by atoms with Crippen molar-refractivity contribution in [2.45, 2.75) is 45.3 Å². The zero-order valence-electron chi connectivity index (χ0n) is 25.6. The number of pyridine rings is 1. The fraction of sp³-hybridized carbons (Fsp3) is 0.243. The lowest BCUT2D eigenvalue weighted by atomic mass is 9.75. The number of thioether (sulfide) groups is 1. The summed E-state index contributed by atoms with van der Waals surface area (Å²) < 4.78 is 24.7. The van der Waals surface area contributed by atoms with Gasteiger partial charge in [-0.05, 0) is 75.8 Å². The predicted octanol–water partition coefficient (Wildman–Crippen LogP) is 9.71. The van der Waals surface area contributed by atoms with Gasteiger partial charge in [0.15, 0.2) is 0 Å². The Labute approximate surface area is 261 Å². The van der Waals surface area contributed by atoms with Crippen molar-refractivity contribution in [1.29, 1.82) is 0 Å². The maximum Gasteiger partial charge on any atom is 0.140 e. The quantitative estimate of drug-likeness (QED) is 0.178. The fourth-order valence-corrected chi connectivity index (χ4v) is 7.89. The Balaban J connectivity index is 1.25. The van der Waals surface area contributed by atoms with Crippen LogP contribution in [0.25, 0.3) is 33.3 Å². The van der Waals surface area contributed by atoms with Crippen LogP contribution in [0.2, 0.25) is 0 Å². The van der Waals surface area contributed by atoms with Crippen LogP contribution in [0.5, 0.6) is 11.5 Å². The van der Waals surface area contributed by atoms with E-state index in [1.54, 1.807) is 0 Å². The standard InChI is InChI=1S/C37H35FN4OS/c1-22-17-30(44-5)18-23(2)36(22)37-24(3)40-42(25(37)4)27-9-8-10-28(20-27)43-29-13-14-32-31-11-6-7-12-33(31)41(34(32)21-29)35-19-26(38)15-16-39-35/h6-17,19-21,23,30,36H,18H2,1-5H3/t23-,30?,36+/m0/s1. The molecular weight excluding hydrogens is 567 g/mol. The smallest absolute Gasteiger partial charge is 0.140 e. The van der Waals surface area contributed by atoms with Gasteiger partial charge in [0.05, 0.1) is 22.4 Å². The topological polar surface area (TPSA) is 44.9 Å². The first-order chi connectivity index (χ1) is 21.3. The zero-order valence-corrected chi connectivity index (χ0v) is 26.4. The minimum absolute atomic E-state index is 0.328. The van der Waals surface area contributed by atoms with E-state index in [2.05, 4.69) is 67.9 Å². The number of aryl methyl sites for hydroxylation is 1. The number of rotatable bonds is 6. The summed E-state index contributed by atoms with van der Waals surface area (Å²) >= 11 is 1.93. The van der Waals surface area contributed by atoms with Crippen molar-refractivity contribution in [3.05, 3.63) is 119 Å². The van der Waals surface area contributed by atoms with Crippen LogP contribution in [0.15, 0.2) is 96.7 Å². The summed E-state index contributed by atoms with van der Waals surface area (Å²) in [4.78, 5) is 4.48. The molecule has 0 bridgehead atoms. The van der Waals surface area contributed by atoms with Crippen molar-refractivity contribution >= 4 is 33.6 Å². The van der Waals surface area contributed by atoms with Crippen LogP contribution in [-0.2, 0) is 0 Å². The molecule has 6 aromatic rings. The second-order valence-electron chi connectivity index (χ2n) is 11.8. The number of fused-ring (bicyclic) bond motifs is 3. The van der Waals surface area contributed by atoms with Gasteiger partial charge in [0.25, 0.3) is 0 Å². The van der Waals surface area contributed by atoms with E-state index < -0.39 is 0 Å². The van der Waals surface area contributed by atoms with E-state index in [1.165, 1.54) is 41.6 Å². The molecule has 3 aromatic heterocycles. The number of allylic oxidation sites excluding steroid dienone is 1. The molecule has 3 aromatic carbocycles. The molecule has 0 aliphatic heterocycles. The number of hydrogen-bond acceptors (Lipinski definition) is 4. The van der Waals surface area contributed by atoms with Gasteiger partial charge in [0, 0.05) is 57.6 Å². The molecule has 3 heterocycles. The number of para-hydroxylation sites is 1. The molecule has 5 nitrogen and oxygen atoms in total. The van der Waals surface area contributed by atoms with Gasteiger partial charge in [-0.1, -0.05) is 42.8 Å². The fourth-order valence-electron chi connectivity index (χ4n) is 7.04. The van der Waals surface area contributed by atoms with Crippen LogP contribution < -0.4 is 4.74 Å². The number of hydrogen-bond donors (Lipinski definition) is 0. The van der Waals surface area contributed by atoms with Gasteiger partial charge in [0.1, 0.15) is 23.1 Å². The lowest BCUT2D eigenvalue weighted by molar-refractivity contribution is 0.453. The summed E-state index contributed by atoms with van der Waals surface area (Å²) in [6, 6.07) is 25.0. The SMILES string of the molecule is CSC1C=C(C)[C@@H](c2c(C)nn(-c3cccc(Oc4ccc5c6ccccc6n(-c6cc(F)ccn6)c5c4)c3)c2C)[C@@H](C)C1. The van der Waals surface area contributed by atoms with E-state index in [0.29, 0.717) is 34.4 Å². The van der Waals surface area contributed by atoms with Crippen molar-refractivity contribution < 1.29 is 9.13 Å². The largest absolute Gasteiger partial charge is 0.457 e. The normalized spacial score (nSPS) is 18.6. The van der Waals surface area contributed by atoms with Gasteiger partial charge in [-0.3, -0.25) is 4.57 Å². The summed E-state index contributed by atoms with van der Waals surface area (Å²) in [5.41, 5.74) is 7.83. The van der Waals surface area contributed by atoms with Crippen LogP contribution in [0.4, 0.5) is 4.39 Å². The first-order valence-electron chi connectivity index (χ1n) is 15.0. The molecule has 1 aliphatic rings. The second kappa shape index (κ2) is 11.3. The Morgan fingerprint density at radius 2 is 1.68 bits per heavy atom. The highest BCUT2D eigenvalue weighted by Crippen LogP contribution is 2.43. The van der Waals surface area contributed by atoms with Gasteiger partial charge in [-0.15, -0.1) is 0 Å². The van der Waals surface area contributed by atoms with Gasteiger partial charge < -0.3 is 4.74 Å². The molecule has 0 amide bonds. The molecule has 0 fully saturated rings. The van der Waals surface area contributed by atoms with E-state index in [0.717, 1.165) is 33.2 Å². The van der Waals surface area contributed by atoms with E-state index >= 15 is 0 Å². The van der Waals surface area contributed by atoms with Crippen molar-refractivity contribution in [1.82, 2.24) is 19.3 Å². The predicted molar refractivity (Wildman–Crippen MR) is 179 cm³/mol. The lowest BCUT2D eigenvalue weighted by Crippen LogP contribution is -2.22. The maximum atomic E-state index is 14.2. The molecule has 0 saturated heterocycles. The van der Waals surface area contributed by atoms with Crippen molar-refractivity contribution in [2.75, 3.05) is 6.26 Å². The Morgan fingerprint density at radius 1 is 0.886 bits per heavy atom. The third-order valence-electron chi connectivity index (χ3n) is 8.95. The number of nitrogens with zero attached hydrogens (tertiary/aromatic N) is 4. The Morgan fingerprint density at radius 3 is 2.48 bits per heavy atom. The van der Waals surface area contributed by atoms with Crippen molar-refractivity contribution in [2.24, 2.45) is 5.92 Å². The van der Waals surface area contributed by atoms with Crippen LogP contribution in [0, 0.1) is 25.6 Å². The molecule has 0 saturated carbocycles. The van der Waals surface area contributed by atoms with E-state index in [4.69, 9.17) is 9.84 Å². The van der Waals surface area contributed by atoms with E-state index in [1.807, 2.05) is 64.9 Å². The molecule has 3 atom stereocenters. The highest BCUT2D eigenvalue weighted by molar-refractivity contribution is 7.99. The van der Waals surface area contributed by atoms with Crippen LogP contribution in [0.3, 0.4) is 0 Å². The van der Waals surface area contributed by atoms with Crippen LogP contribution in [-0.4, -0.2) is 30.8 Å². The Bertz CT molecular complexity index is 2060. The molecule has 7 heteroatoms. The highest BCUT2D eigenvalue weighted by Gasteiger charge is 2.32. The number of halogens is 1. The molecule has 1 aliphatic carbocycles. The molecule has 7 rings (SSSR count). The third-order valence-corrected chi connectivity index (χ3v) is 9.89. The van der Waals surface area contributed by atoms with Gasteiger partial charge in [-0.25, -0.2) is 14.1 Å². The lowest BCUT2D eigenvalue weighted by Gasteiger charge is -2.33. The van der Waals surface area contributed by atoms with Gasteiger partial charge >= 0.3 is 0 Å². The number of benzene rings is 3. The van der Waals surface area contributed by atoms with Crippen LogP contribution >= 0.6 is 11.8 Å². The summed E-state index contributed by atoms with van der Waals surface area (Å²) in [7, 11) is 0. The van der Waals surface area contributed by atoms with E-state index in [-0.39, 0.29) is 5.82 Å². The molecule has 0 N–H and O–H groups in total. The molecule has 222 valence electrons. The van der Waals surface area contributed by atoms with Crippen molar-refractivity contribution in [3.63, 3.8) is 0 Å². The summed E-state index contributed by atoms with van der Waals surface area (Å²) in [5, 5.41) is 7.72. The molecule has 1 unspecified atom stereocenters. The molecule has 44 heavy (non-hydrogen) atoms. The first-order valence-corrected chi connectivity index (χ1v) is 16.3. The second-order valence-corrected chi connectivity index (χ2v) is 12.9. The minimum atomic E-state index is -0.328. The summed E-state index contributed by atoms with van der Waals surface area (Å²) in [6.07, 6.45) is 7.31. The minimum Gasteiger partial charge on any atom is -0.457 e. The monoisotopic (exact) mass is 602 g/mol. The van der Waals surface area contributed by atoms with Gasteiger partial charge in [0.2, 0.25) is 0 Å². The zero-order chi connectivity index (χ0) is 30.5. The highest BCUT2D eigenvalue weighted by atomic mass is 32.2. The van der Waals surface area contributed by atoms with E-state index in [9.17, 15) is 4.39 Å². The van der Waals surface area contributed by atoms with Gasteiger partial charge in [-0.2, -0.15) is 16.9 Å². The van der Waals surface area contributed by atoms with Crippen molar-refractivity contribution in [3.8, 4) is 23.0 Å². The molecule has 0 radical (unpaired) electrons. The maximum absolute atomic E-state index is 14.2. The number of ether oxygens (including phenoxy) is 1. The van der Waals surface area contributed by atoms with Crippen LogP contribution in [0.1, 0.15) is 43.1 Å². The third kappa shape index (κ3) is 4.89. The first kappa shape index (κ1) is 28.4. The number of aromatic nitrogens is 4. The Kier molecular flexibility index (Phi) is 7.29. The Hall–Kier alpha value is -4.36. The average Bonchev–Trinajstić information content (AvgIpc) is 3.50. The molecule has 0 spiro atoms. The summed E-state index contributed by atoms with van der Waals surface area (Å²) in [5.74, 6) is 2.52. The average molecular weight is 603 g/mol. The summed E-state index contributed by atoms with van der Waals surface area (Å²) in [6.45, 7) is 8.95.